The maximum atomic E-state index is 10.9. The van der Waals surface area contributed by atoms with Crippen molar-refractivity contribution in [2.75, 3.05) is 5.32 Å². The van der Waals surface area contributed by atoms with Crippen LogP contribution in [0.1, 0.15) is 25.1 Å². The Labute approximate surface area is 109 Å². The molecular formula is C12H15N5O2. The first-order chi connectivity index (χ1) is 9.15. The largest absolute Gasteiger partial charge is 0.481 e. The van der Waals surface area contributed by atoms with Crippen molar-refractivity contribution in [3.05, 3.63) is 18.2 Å². The molecule has 0 amide bonds. The summed E-state index contributed by atoms with van der Waals surface area (Å²) in [7, 11) is 0. The average molecular weight is 261 g/mol. The zero-order valence-corrected chi connectivity index (χ0v) is 10.6. The summed E-state index contributed by atoms with van der Waals surface area (Å²) in [6.45, 7) is 1.86. The fraction of sp³-hybridized carbons (Fsp3) is 0.500. The molecule has 2 aromatic heterocycles. The average Bonchev–Trinajstić information content (AvgIpc) is 3.14. The molecule has 2 aromatic rings. The van der Waals surface area contributed by atoms with E-state index < -0.39 is 5.97 Å². The van der Waals surface area contributed by atoms with Crippen molar-refractivity contribution in [1.29, 1.82) is 0 Å². The minimum Gasteiger partial charge on any atom is -0.481 e. The van der Waals surface area contributed by atoms with Crippen molar-refractivity contribution in [3.63, 3.8) is 0 Å². The number of rotatable bonds is 5. The molecule has 0 aromatic carbocycles. The number of carbonyl (C=O) groups is 1. The number of nitrogens with zero attached hydrogens (tertiary/aromatic N) is 4. The lowest BCUT2D eigenvalue weighted by Crippen LogP contribution is -2.26. The number of carboxylic acid groups (broad SMARTS) is 1. The van der Waals surface area contributed by atoms with Crippen LogP contribution in [0.5, 0.6) is 0 Å². The smallest absolute Gasteiger partial charge is 0.305 e. The molecule has 0 bridgehead atoms. The molecule has 1 unspecified atom stereocenters. The minimum absolute atomic E-state index is 0.0896. The van der Waals surface area contributed by atoms with Crippen LogP contribution in [0, 0.1) is 12.8 Å². The van der Waals surface area contributed by atoms with Gasteiger partial charge in [-0.15, -0.1) is 10.2 Å². The van der Waals surface area contributed by atoms with Crippen LogP contribution in [0.15, 0.2) is 12.4 Å². The quantitative estimate of drug-likeness (QED) is 0.837. The van der Waals surface area contributed by atoms with Gasteiger partial charge in [-0.1, -0.05) is 0 Å². The van der Waals surface area contributed by atoms with Crippen molar-refractivity contribution in [3.8, 4) is 0 Å². The van der Waals surface area contributed by atoms with Gasteiger partial charge in [0.2, 0.25) is 5.65 Å². The summed E-state index contributed by atoms with van der Waals surface area (Å²) < 4.78 is 1.83. The predicted octanol–water partition coefficient (Wildman–Crippen LogP) is 1.10. The Kier molecular flexibility index (Phi) is 2.81. The second kappa shape index (κ2) is 4.49. The summed E-state index contributed by atoms with van der Waals surface area (Å²) in [5, 5.41) is 20.2. The number of hydrogen-bond donors (Lipinski definition) is 2. The molecular weight excluding hydrogens is 246 g/mol. The zero-order chi connectivity index (χ0) is 13.4. The van der Waals surface area contributed by atoms with Gasteiger partial charge in [-0.25, -0.2) is 4.98 Å². The molecule has 100 valence electrons. The number of nitrogens with one attached hydrogen (secondary N) is 1. The van der Waals surface area contributed by atoms with Crippen LogP contribution >= 0.6 is 0 Å². The maximum absolute atomic E-state index is 10.9. The second-order valence-corrected chi connectivity index (χ2v) is 4.90. The van der Waals surface area contributed by atoms with E-state index in [1.54, 1.807) is 12.4 Å². The molecule has 0 radical (unpaired) electrons. The van der Waals surface area contributed by atoms with Crippen molar-refractivity contribution in [2.45, 2.75) is 32.2 Å². The maximum Gasteiger partial charge on any atom is 0.305 e. The molecule has 7 heteroatoms. The van der Waals surface area contributed by atoms with Gasteiger partial charge in [0, 0.05) is 18.4 Å². The van der Waals surface area contributed by atoms with E-state index >= 15 is 0 Å². The van der Waals surface area contributed by atoms with Crippen LogP contribution in [0.2, 0.25) is 0 Å². The fourth-order valence-electron chi connectivity index (χ4n) is 2.24. The fourth-order valence-corrected chi connectivity index (χ4v) is 2.24. The first-order valence-corrected chi connectivity index (χ1v) is 6.30. The van der Waals surface area contributed by atoms with Crippen LogP contribution in [0.25, 0.3) is 5.65 Å². The lowest BCUT2D eigenvalue weighted by Gasteiger charge is -2.16. The zero-order valence-electron chi connectivity index (χ0n) is 10.6. The van der Waals surface area contributed by atoms with Gasteiger partial charge in [0.05, 0.1) is 6.42 Å². The first-order valence-electron chi connectivity index (χ1n) is 6.30. The molecule has 1 atom stereocenters. The van der Waals surface area contributed by atoms with E-state index in [0.29, 0.717) is 17.4 Å². The molecule has 0 aliphatic heterocycles. The van der Waals surface area contributed by atoms with Gasteiger partial charge in [-0.3, -0.25) is 9.20 Å². The highest BCUT2D eigenvalue weighted by Crippen LogP contribution is 2.35. The molecule has 19 heavy (non-hydrogen) atoms. The Bertz CT molecular complexity index is 620. The van der Waals surface area contributed by atoms with Crippen molar-refractivity contribution in [2.24, 2.45) is 5.92 Å². The Hall–Kier alpha value is -2.18. The Morgan fingerprint density at radius 1 is 1.58 bits per heavy atom. The normalized spacial score (nSPS) is 16.5. The van der Waals surface area contributed by atoms with E-state index in [1.807, 2.05) is 11.3 Å². The Morgan fingerprint density at radius 2 is 2.37 bits per heavy atom. The molecule has 3 rings (SSSR count). The predicted molar refractivity (Wildman–Crippen MR) is 67.9 cm³/mol. The minimum atomic E-state index is -0.797. The number of fused-ring (bicyclic) bond motifs is 1. The van der Waals surface area contributed by atoms with E-state index in [0.717, 1.165) is 18.7 Å². The van der Waals surface area contributed by atoms with Gasteiger partial charge in [0.25, 0.3) is 0 Å². The number of aromatic nitrogens is 4. The van der Waals surface area contributed by atoms with Crippen LogP contribution in [0.4, 0.5) is 5.82 Å². The summed E-state index contributed by atoms with van der Waals surface area (Å²) in [4.78, 5) is 15.2. The highest BCUT2D eigenvalue weighted by Gasteiger charge is 2.33. The molecule has 1 saturated carbocycles. The first kappa shape index (κ1) is 11.9. The molecule has 2 N–H and O–H groups in total. The number of anilines is 1. The van der Waals surface area contributed by atoms with Gasteiger partial charge in [-0.05, 0) is 25.7 Å². The van der Waals surface area contributed by atoms with E-state index in [9.17, 15) is 4.79 Å². The second-order valence-electron chi connectivity index (χ2n) is 4.90. The molecule has 0 saturated heterocycles. The van der Waals surface area contributed by atoms with E-state index in [2.05, 4.69) is 20.5 Å². The number of aliphatic carboxylic acids is 1. The lowest BCUT2D eigenvalue weighted by atomic mass is 10.1. The van der Waals surface area contributed by atoms with Gasteiger partial charge >= 0.3 is 5.97 Å². The van der Waals surface area contributed by atoms with Gasteiger partial charge in [0.15, 0.2) is 5.82 Å². The summed E-state index contributed by atoms with van der Waals surface area (Å²) in [5.41, 5.74) is 0.635. The van der Waals surface area contributed by atoms with Crippen molar-refractivity contribution in [1.82, 2.24) is 19.6 Å². The van der Waals surface area contributed by atoms with Crippen LogP contribution < -0.4 is 5.32 Å². The van der Waals surface area contributed by atoms with Gasteiger partial charge in [-0.2, -0.15) is 0 Å². The van der Waals surface area contributed by atoms with Crippen molar-refractivity contribution < 1.29 is 9.90 Å². The Morgan fingerprint density at radius 3 is 3.05 bits per heavy atom. The summed E-state index contributed by atoms with van der Waals surface area (Å²) in [6.07, 6.45) is 5.69. The van der Waals surface area contributed by atoms with Crippen molar-refractivity contribution >= 4 is 17.4 Å². The van der Waals surface area contributed by atoms with E-state index in [1.165, 1.54) is 0 Å². The number of carboxylic acids is 1. The van der Waals surface area contributed by atoms with Crippen LogP contribution in [-0.2, 0) is 4.79 Å². The summed E-state index contributed by atoms with van der Waals surface area (Å²) >= 11 is 0. The molecule has 7 nitrogen and oxygen atoms in total. The van der Waals surface area contributed by atoms with E-state index in [4.69, 9.17) is 5.11 Å². The summed E-state index contributed by atoms with van der Waals surface area (Å²) in [6, 6.07) is -0.0896. The molecule has 1 aliphatic carbocycles. The molecule has 2 heterocycles. The van der Waals surface area contributed by atoms with Gasteiger partial charge in [0.1, 0.15) is 5.82 Å². The highest BCUT2D eigenvalue weighted by atomic mass is 16.4. The Balaban J connectivity index is 1.88. The highest BCUT2D eigenvalue weighted by molar-refractivity contribution is 5.69. The van der Waals surface area contributed by atoms with Crippen LogP contribution in [0.3, 0.4) is 0 Å². The summed E-state index contributed by atoms with van der Waals surface area (Å²) in [5.74, 6) is 0.999. The van der Waals surface area contributed by atoms with Crippen LogP contribution in [-0.4, -0.2) is 36.7 Å². The standard InChI is InChI=1S/C12H15N5O2/c1-7-15-16-12-11(13-4-5-17(7)12)14-9(6-10(18)19)8-2-3-8/h4-5,8-9H,2-3,6H2,1H3,(H,13,14)(H,18,19). The SMILES string of the molecule is Cc1nnc2c(NC(CC(=O)O)C3CC3)nccn12. The third-order valence-electron chi connectivity index (χ3n) is 3.41. The van der Waals surface area contributed by atoms with Gasteiger partial charge < -0.3 is 10.4 Å². The number of aryl methyl sites for hydroxylation is 1. The molecule has 1 fully saturated rings. The third kappa shape index (κ3) is 2.35. The lowest BCUT2D eigenvalue weighted by molar-refractivity contribution is -0.137. The number of hydrogen-bond acceptors (Lipinski definition) is 5. The third-order valence-corrected chi connectivity index (χ3v) is 3.41. The molecule has 0 spiro atoms. The molecule has 1 aliphatic rings. The topological polar surface area (TPSA) is 92.4 Å². The monoisotopic (exact) mass is 261 g/mol. The van der Waals surface area contributed by atoms with E-state index in [-0.39, 0.29) is 12.5 Å².